The van der Waals surface area contributed by atoms with Gasteiger partial charge in [-0.3, -0.25) is 4.79 Å². The quantitative estimate of drug-likeness (QED) is 0.402. The minimum absolute atomic E-state index is 0.213. The first-order valence-corrected chi connectivity index (χ1v) is 9.00. The zero-order valence-corrected chi connectivity index (χ0v) is 15.2. The Morgan fingerprint density at radius 2 is 1.68 bits per heavy atom. The summed E-state index contributed by atoms with van der Waals surface area (Å²) in [5, 5.41) is 4.06. The summed E-state index contributed by atoms with van der Waals surface area (Å²) >= 11 is 6.28. The van der Waals surface area contributed by atoms with Gasteiger partial charge in [-0.25, -0.2) is 4.98 Å². The smallest absolute Gasteiger partial charge is 0.291 e. The van der Waals surface area contributed by atoms with Gasteiger partial charge in [0.25, 0.3) is 5.91 Å². The van der Waals surface area contributed by atoms with Gasteiger partial charge in [0, 0.05) is 10.9 Å². The van der Waals surface area contributed by atoms with Crippen LogP contribution in [0.5, 0.6) is 0 Å². The van der Waals surface area contributed by atoms with E-state index >= 15 is 0 Å². The Bertz CT molecular complexity index is 1270. The van der Waals surface area contributed by atoms with Crippen LogP contribution in [-0.2, 0) is 0 Å². The zero-order valence-electron chi connectivity index (χ0n) is 14.5. The molecule has 0 saturated heterocycles. The van der Waals surface area contributed by atoms with E-state index in [1.165, 1.54) is 0 Å². The number of nitrogens with one attached hydrogen (secondary N) is 1. The number of nitrogens with zero attached hydrogens (tertiary/aromatic N) is 1. The SMILES string of the molecule is O=C(Nc1cc(-c2nc3ccccc3o2)ccc1Cl)c1cc2ccccc2o1. The number of hydrogen-bond donors (Lipinski definition) is 1. The summed E-state index contributed by atoms with van der Waals surface area (Å²) in [5.41, 5.74) is 3.27. The van der Waals surface area contributed by atoms with Crippen LogP contribution < -0.4 is 5.32 Å². The van der Waals surface area contributed by atoms with Crippen LogP contribution in [0.2, 0.25) is 5.02 Å². The highest BCUT2D eigenvalue weighted by Gasteiger charge is 2.16. The molecular formula is C22H13ClN2O3. The number of fused-ring (bicyclic) bond motifs is 2. The first kappa shape index (κ1) is 16.6. The second-order valence-corrected chi connectivity index (χ2v) is 6.69. The van der Waals surface area contributed by atoms with Crippen LogP contribution in [0.4, 0.5) is 5.69 Å². The highest BCUT2D eigenvalue weighted by atomic mass is 35.5. The topological polar surface area (TPSA) is 68.3 Å². The van der Waals surface area contributed by atoms with Gasteiger partial charge < -0.3 is 14.2 Å². The summed E-state index contributed by atoms with van der Waals surface area (Å²) in [6, 6.07) is 21.9. The molecule has 2 heterocycles. The number of aromatic nitrogens is 1. The van der Waals surface area contributed by atoms with E-state index in [4.69, 9.17) is 20.4 Å². The number of rotatable bonds is 3. The molecular weight excluding hydrogens is 376 g/mol. The maximum Gasteiger partial charge on any atom is 0.291 e. The van der Waals surface area contributed by atoms with Crippen molar-refractivity contribution in [2.75, 3.05) is 5.32 Å². The molecule has 0 atom stereocenters. The number of benzene rings is 3. The van der Waals surface area contributed by atoms with Crippen molar-refractivity contribution in [2.24, 2.45) is 0 Å². The van der Waals surface area contributed by atoms with Gasteiger partial charge in [-0.2, -0.15) is 0 Å². The summed E-state index contributed by atoms with van der Waals surface area (Å²) in [5.74, 6) is 0.287. The predicted octanol–water partition coefficient (Wildman–Crippen LogP) is 6.15. The first-order valence-electron chi connectivity index (χ1n) is 8.63. The number of hydrogen-bond acceptors (Lipinski definition) is 4. The third-order valence-electron chi connectivity index (χ3n) is 4.40. The molecule has 5 rings (SSSR count). The van der Waals surface area contributed by atoms with E-state index in [0.29, 0.717) is 33.3 Å². The first-order chi connectivity index (χ1) is 13.7. The number of carbonyl (C=O) groups is 1. The number of anilines is 1. The molecule has 136 valence electrons. The lowest BCUT2D eigenvalue weighted by Gasteiger charge is -2.07. The van der Waals surface area contributed by atoms with Crippen molar-refractivity contribution in [3.63, 3.8) is 0 Å². The fraction of sp³-hybridized carbons (Fsp3) is 0. The van der Waals surface area contributed by atoms with Crippen LogP contribution in [0.1, 0.15) is 10.6 Å². The zero-order chi connectivity index (χ0) is 19.1. The summed E-state index contributed by atoms with van der Waals surface area (Å²) in [6.45, 7) is 0. The minimum atomic E-state index is -0.382. The Hall–Kier alpha value is -3.57. The average molecular weight is 389 g/mol. The second-order valence-electron chi connectivity index (χ2n) is 6.28. The van der Waals surface area contributed by atoms with Gasteiger partial charge in [-0.05, 0) is 42.5 Å². The van der Waals surface area contributed by atoms with Gasteiger partial charge in [0.15, 0.2) is 11.3 Å². The molecule has 0 bridgehead atoms. The fourth-order valence-electron chi connectivity index (χ4n) is 3.03. The third kappa shape index (κ3) is 2.92. The van der Waals surface area contributed by atoms with E-state index in [-0.39, 0.29) is 11.7 Å². The van der Waals surface area contributed by atoms with Crippen molar-refractivity contribution >= 4 is 45.3 Å². The Labute approximate surface area is 164 Å². The number of oxazole rings is 1. The molecule has 0 fully saturated rings. The molecule has 2 aromatic heterocycles. The molecule has 0 aliphatic rings. The van der Waals surface area contributed by atoms with Crippen molar-refractivity contribution in [2.45, 2.75) is 0 Å². The normalized spacial score (nSPS) is 11.2. The molecule has 0 aliphatic heterocycles. The maximum absolute atomic E-state index is 12.6. The second kappa shape index (κ2) is 6.55. The summed E-state index contributed by atoms with van der Waals surface area (Å²) in [4.78, 5) is 17.1. The van der Waals surface area contributed by atoms with Gasteiger partial charge in [0.2, 0.25) is 5.89 Å². The van der Waals surface area contributed by atoms with E-state index < -0.39 is 0 Å². The van der Waals surface area contributed by atoms with Crippen LogP contribution in [0, 0.1) is 0 Å². The maximum atomic E-state index is 12.6. The van der Waals surface area contributed by atoms with Crippen LogP contribution in [0.15, 0.2) is 81.6 Å². The van der Waals surface area contributed by atoms with Crippen molar-refractivity contribution in [3.05, 3.63) is 83.6 Å². The molecule has 5 aromatic rings. The van der Waals surface area contributed by atoms with Crippen molar-refractivity contribution in [3.8, 4) is 11.5 Å². The Balaban J connectivity index is 1.47. The van der Waals surface area contributed by atoms with E-state index in [1.807, 2.05) is 48.5 Å². The lowest BCUT2D eigenvalue weighted by Crippen LogP contribution is -2.11. The van der Waals surface area contributed by atoms with Crippen LogP contribution in [0.25, 0.3) is 33.5 Å². The molecule has 0 saturated carbocycles. The molecule has 0 spiro atoms. The Kier molecular flexibility index (Phi) is 3.88. The number of amides is 1. The Morgan fingerprint density at radius 3 is 2.50 bits per heavy atom. The van der Waals surface area contributed by atoms with Crippen molar-refractivity contribution in [1.82, 2.24) is 4.98 Å². The molecule has 0 radical (unpaired) electrons. The number of furan rings is 1. The highest BCUT2D eigenvalue weighted by molar-refractivity contribution is 6.34. The van der Waals surface area contributed by atoms with E-state index in [2.05, 4.69) is 10.3 Å². The molecule has 28 heavy (non-hydrogen) atoms. The highest BCUT2D eigenvalue weighted by Crippen LogP contribution is 2.31. The lowest BCUT2D eigenvalue weighted by molar-refractivity contribution is 0.0998. The lowest BCUT2D eigenvalue weighted by atomic mass is 10.2. The average Bonchev–Trinajstić information content (AvgIpc) is 3.33. The molecule has 6 heteroatoms. The predicted molar refractivity (Wildman–Crippen MR) is 109 cm³/mol. The van der Waals surface area contributed by atoms with Gasteiger partial charge in [-0.15, -0.1) is 0 Å². The number of halogens is 1. The molecule has 1 amide bonds. The molecule has 5 nitrogen and oxygen atoms in total. The minimum Gasteiger partial charge on any atom is -0.451 e. The van der Waals surface area contributed by atoms with Crippen molar-refractivity contribution in [1.29, 1.82) is 0 Å². The monoisotopic (exact) mass is 388 g/mol. The summed E-state index contributed by atoms with van der Waals surface area (Å²) < 4.78 is 11.4. The van der Waals surface area contributed by atoms with Gasteiger partial charge >= 0.3 is 0 Å². The summed E-state index contributed by atoms with van der Waals surface area (Å²) in [7, 11) is 0. The van der Waals surface area contributed by atoms with Crippen LogP contribution in [-0.4, -0.2) is 10.9 Å². The molecule has 1 N–H and O–H groups in total. The van der Waals surface area contributed by atoms with Gasteiger partial charge in [0.1, 0.15) is 11.1 Å². The molecule has 0 aliphatic carbocycles. The van der Waals surface area contributed by atoms with E-state index in [9.17, 15) is 4.79 Å². The van der Waals surface area contributed by atoms with Gasteiger partial charge in [0.05, 0.1) is 10.7 Å². The van der Waals surface area contributed by atoms with Crippen LogP contribution in [0.3, 0.4) is 0 Å². The third-order valence-corrected chi connectivity index (χ3v) is 4.73. The van der Waals surface area contributed by atoms with Crippen LogP contribution >= 0.6 is 11.6 Å². The van der Waals surface area contributed by atoms with Gasteiger partial charge in [-0.1, -0.05) is 41.9 Å². The molecule has 0 unspecified atom stereocenters. The van der Waals surface area contributed by atoms with E-state index in [0.717, 1.165) is 10.9 Å². The molecule has 3 aromatic carbocycles. The number of carbonyl (C=O) groups excluding carboxylic acids is 1. The van der Waals surface area contributed by atoms with E-state index in [1.54, 1.807) is 24.3 Å². The van der Waals surface area contributed by atoms with Crippen molar-refractivity contribution < 1.29 is 13.6 Å². The Morgan fingerprint density at radius 1 is 0.893 bits per heavy atom. The summed E-state index contributed by atoms with van der Waals surface area (Å²) in [6.07, 6.45) is 0. The standard InChI is InChI=1S/C22H13ClN2O3/c23-15-10-9-14(22-25-16-6-2-4-8-19(16)28-22)11-17(15)24-21(26)20-12-13-5-1-3-7-18(13)27-20/h1-12H,(H,24,26). The number of para-hydroxylation sites is 3. The fourth-order valence-corrected chi connectivity index (χ4v) is 3.19. The largest absolute Gasteiger partial charge is 0.451 e.